The summed E-state index contributed by atoms with van der Waals surface area (Å²) in [5.41, 5.74) is 0.483. The molecular formula is C16H22BNO5. The monoisotopic (exact) mass is 319 g/mol. The Balaban J connectivity index is 2.00. The highest BCUT2D eigenvalue weighted by Gasteiger charge is 2.51. The lowest BCUT2D eigenvalue weighted by molar-refractivity contribution is -0.136. The zero-order valence-corrected chi connectivity index (χ0v) is 13.9. The van der Waals surface area contributed by atoms with Crippen molar-refractivity contribution in [2.45, 2.75) is 45.3 Å². The van der Waals surface area contributed by atoms with E-state index in [0.717, 1.165) is 5.46 Å². The molecule has 0 spiro atoms. The van der Waals surface area contributed by atoms with Crippen LogP contribution in [0.4, 0.5) is 0 Å². The first kappa shape index (κ1) is 17.5. The van der Waals surface area contributed by atoms with Gasteiger partial charge in [-0.25, -0.2) is 0 Å². The quantitative estimate of drug-likeness (QED) is 0.797. The summed E-state index contributed by atoms with van der Waals surface area (Å²) >= 11 is 0. The van der Waals surface area contributed by atoms with E-state index in [9.17, 15) is 9.59 Å². The van der Waals surface area contributed by atoms with Crippen molar-refractivity contribution in [2.75, 3.05) is 6.54 Å². The van der Waals surface area contributed by atoms with Crippen LogP contribution in [0, 0.1) is 0 Å². The predicted molar refractivity (Wildman–Crippen MR) is 86.7 cm³/mol. The van der Waals surface area contributed by atoms with Gasteiger partial charge in [-0.1, -0.05) is 12.1 Å². The number of amides is 1. The number of nitrogens with one attached hydrogen (secondary N) is 1. The predicted octanol–water partition coefficient (Wildman–Crippen LogP) is 1.19. The van der Waals surface area contributed by atoms with Crippen LogP contribution in [0.25, 0.3) is 0 Å². The van der Waals surface area contributed by atoms with Gasteiger partial charge in [0.25, 0.3) is 5.91 Å². The molecule has 1 aromatic rings. The van der Waals surface area contributed by atoms with Crippen molar-refractivity contribution in [1.82, 2.24) is 5.32 Å². The second-order valence-corrected chi connectivity index (χ2v) is 6.61. The molecule has 6 nitrogen and oxygen atoms in total. The average Bonchev–Trinajstić information content (AvgIpc) is 2.67. The Bertz CT molecular complexity index is 581. The molecule has 124 valence electrons. The Hall–Kier alpha value is -1.86. The Morgan fingerprint density at radius 3 is 2.09 bits per heavy atom. The fourth-order valence-corrected chi connectivity index (χ4v) is 2.16. The van der Waals surface area contributed by atoms with Crippen LogP contribution in [0.15, 0.2) is 24.3 Å². The van der Waals surface area contributed by atoms with Gasteiger partial charge in [0.05, 0.1) is 17.6 Å². The van der Waals surface area contributed by atoms with Crippen LogP contribution in [0.2, 0.25) is 0 Å². The van der Waals surface area contributed by atoms with Crippen molar-refractivity contribution in [3.8, 4) is 0 Å². The first-order valence-electron chi connectivity index (χ1n) is 7.58. The second kappa shape index (κ2) is 6.33. The molecule has 0 atom stereocenters. The summed E-state index contributed by atoms with van der Waals surface area (Å²) in [4.78, 5) is 22.3. The highest BCUT2D eigenvalue weighted by Crippen LogP contribution is 2.36. The normalized spacial score (nSPS) is 18.7. The number of rotatable bonds is 5. The SMILES string of the molecule is CC1(C)OB(c2ccc(C(=O)NCCC(=O)O)cc2)OC1(C)C. The maximum Gasteiger partial charge on any atom is 0.494 e. The minimum Gasteiger partial charge on any atom is -0.481 e. The molecule has 0 bridgehead atoms. The standard InChI is InChI=1S/C16H22BNO5/c1-15(2)16(3,4)23-17(22-15)12-7-5-11(6-8-12)14(21)18-10-9-13(19)20/h5-8H,9-10H2,1-4H3,(H,18,21)(H,19,20). The molecule has 1 aliphatic rings. The molecule has 7 heteroatoms. The van der Waals surface area contributed by atoms with Crippen molar-refractivity contribution in [2.24, 2.45) is 0 Å². The molecule has 1 aromatic carbocycles. The molecule has 0 saturated carbocycles. The third-order valence-electron chi connectivity index (χ3n) is 4.32. The first-order chi connectivity index (χ1) is 10.6. The lowest BCUT2D eigenvalue weighted by Gasteiger charge is -2.32. The summed E-state index contributed by atoms with van der Waals surface area (Å²) in [6.07, 6.45) is -0.0995. The number of carboxylic acids is 1. The topological polar surface area (TPSA) is 84.9 Å². The van der Waals surface area contributed by atoms with Crippen LogP contribution < -0.4 is 10.8 Å². The van der Waals surface area contributed by atoms with E-state index in [4.69, 9.17) is 14.4 Å². The zero-order valence-electron chi connectivity index (χ0n) is 13.9. The Kier molecular flexibility index (Phi) is 4.82. The first-order valence-corrected chi connectivity index (χ1v) is 7.58. The van der Waals surface area contributed by atoms with Gasteiger partial charge in [-0.3, -0.25) is 9.59 Å². The number of hydrogen-bond acceptors (Lipinski definition) is 4. The minimum atomic E-state index is -0.943. The van der Waals surface area contributed by atoms with E-state index in [1.807, 2.05) is 27.7 Å². The van der Waals surface area contributed by atoms with Crippen LogP contribution >= 0.6 is 0 Å². The number of aliphatic carboxylic acids is 1. The Morgan fingerprint density at radius 1 is 1.09 bits per heavy atom. The summed E-state index contributed by atoms with van der Waals surface area (Å²) in [5, 5.41) is 11.1. The van der Waals surface area contributed by atoms with Crippen molar-refractivity contribution in [3.05, 3.63) is 29.8 Å². The van der Waals surface area contributed by atoms with E-state index in [0.29, 0.717) is 5.56 Å². The minimum absolute atomic E-state index is 0.0995. The lowest BCUT2D eigenvalue weighted by Crippen LogP contribution is -2.41. The fraction of sp³-hybridized carbons (Fsp3) is 0.500. The third-order valence-corrected chi connectivity index (χ3v) is 4.32. The zero-order chi connectivity index (χ0) is 17.3. The van der Waals surface area contributed by atoms with Crippen molar-refractivity contribution in [1.29, 1.82) is 0 Å². The average molecular weight is 319 g/mol. The van der Waals surface area contributed by atoms with E-state index in [1.165, 1.54) is 0 Å². The van der Waals surface area contributed by atoms with E-state index < -0.39 is 24.3 Å². The van der Waals surface area contributed by atoms with Gasteiger partial charge in [-0.2, -0.15) is 0 Å². The van der Waals surface area contributed by atoms with Crippen LogP contribution in [-0.2, 0) is 14.1 Å². The number of carbonyl (C=O) groups is 2. The van der Waals surface area contributed by atoms with Gasteiger partial charge in [0, 0.05) is 12.1 Å². The van der Waals surface area contributed by atoms with Crippen LogP contribution in [-0.4, -0.2) is 41.8 Å². The maximum atomic E-state index is 11.9. The number of carbonyl (C=O) groups excluding carboxylic acids is 1. The number of benzene rings is 1. The van der Waals surface area contributed by atoms with Gasteiger partial charge in [0.2, 0.25) is 0 Å². The van der Waals surface area contributed by atoms with E-state index >= 15 is 0 Å². The molecule has 1 fully saturated rings. The summed E-state index contributed by atoms with van der Waals surface area (Å²) in [6.45, 7) is 8.04. The molecule has 0 radical (unpaired) electrons. The van der Waals surface area contributed by atoms with Gasteiger partial charge < -0.3 is 19.7 Å². The maximum absolute atomic E-state index is 11.9. The molecule has 23 heavy (non-hydrogen) atoms. The van der Waals surface area contributed by atoms with Gasteiger partial charge in [-0.15, -0.1) is 0 Å². The van der Waals surface area contributed by atoms with Crippen molar-refractivity contribution in [3.63, 3.8) is 0 Å². The molecule has 2 N–H and O–H groups in total. The largest absolute Gasteiger partial charge is 0.494 e. The highest BCUT2D eigenvalue weighted by atomic mass is 16.7. The molecule has 1 heterocycles. The van der Waals surface area contributed by atoms with Gasteiger partial charge in [0.1, 0.15) is 0 Å². The van der Waals surface area contributed by atoms with Gasteiger partial charge in [0.15, 0.2) is 0 Å². The van der Waals surface area contributed by atoms with Crippen LogP contribution in [0.1, 0.15) is 44.5 Å². The molecule has 0 aromatic heterocycles. The van der Waals surface area contributed by atoms with E-state index in [2.05, 4.69) is 5.32 Å². The van der Waals surface area contributed by atoms with Crippen molar-refractivity contribution >= 4 is 24.5 Å². The van der Waals surface area contributed by atoms with Gasteiger partial charge in [-0.05, 0) is 45.3 Å². The van der Waals surface area contributed by atoms with Crippen LogP contribution in [0.5, 0.6) is 0 Å². The number of hydrogen-bond donors (Lipinski definition) is 2. The molecule has 1 aliphatic heterocycles. The number of carboxylic acid groups (broad SMARTS) is 1. The molecule has 1 amide bonds. The second-order valence-electron chi connectivity index (χ2n) is 6.61. The summed E-state index contributed by atoms with van der Waals surface area (Å²) < 4.78 is 11.9. The van der Waals surface area contributed by atoms with E-state index in [1.54, 1.807) is 24.3 Å². The van der Waals surface area contributed by atoms with Crippen LogP contribution in [0.3, 0.4) is 0 Å². The lowest BCUT2D eigenvalue weighted by atomic mass is 9.79. The summed E-state index contributed by atoms with van der Waals surface area (Å²) in [5.74, 6) is -1.24. The molecule has 0 unspecified atom stereocenters. The molecule has 0 aliphatic carbocycles. The molecule has 2 rings (SSSR count). The fourth-order valence-electron chi connectivity index (χ4n) is 2.16. The molecular weight excluding hydrogens is 297 g/mol. The highest BCUT2D eigenvalue weighted by molar-refractivity contribution is 6.62. The Morgan fingerprint density at radius 2 is 1.61 bits per heavy atom. The molecule has 1 saturated heterocycles. The third kappa shape index (κ3) is 3.92. The smallest absolute Gasteiger partial charge is 0.481 e. The van der Waals surface area contributed by atoms with Gasteiger partial charge >= 0.3 is 13.1 Å². The summed E-state index contributed by atoms with van der Waals surface area (Å²) in [7, 11) is -0.468. The van der Waals surface area contributed by atoms with Crippen molar-refractivity contribution < 1.29 is 24.0 Å². The van der Waals surface area contributed by atoms with E-state index in [-0.39, 0.29) is 18.9 Å². The Labute approximate surface area is 136 Å². The summed E-state index contributed by atoms with van der Waals surface area (Å²) in [6, 6.07) is 6.93.